The van der Waals surface area contributed by atoms with E-state index in [1.54, 1.807) is 22.3 Å². The Balaban J connectivity index is 1.93. The third-order valence-electron chi connectivity index (χ3n) is 2.38. The topological polar surface area (TPSA) is 55.6 Å². The number of hydrogen-bond acceptors (Lipinski definition) is 5. The van der Waals surface area contributed by atoms with E-state index < -0.39 is 0 Å². The van der Waals surface area contributed by atoms with E-state index in [0.29, 0.717) is 6.54 Å². The first-order chi connectivity index (χ1) is 7.66. The second-order valence-electron chi connectivity index (χ2n) is 3.71. The SMILES string of the molecule is Cc1cnc(C(C)NCc2ncnn2C)s1. The molecule has 0 radical (unpaired) electrons. The van der Waals surface area contributed by atoms with Gasteiger partial charge in [-0.05, 0) is 13.8 Å². The zero-order chi connectivity index (χ0) is 11.5. The Kier molecular flexibility index (Phi) is 3.31. The van der Waals surface area contributed by atoms with Crippen LogP contribution >= 0.6 is 11.3 Å². The zero-order valence-corrected chi connectivity index (χ0v) is 10.5. The molecule has 0 aromatic carbocycles. The summed E-state index contributed by atoms with van der Waals surface area (Å²) in [7, 11) is 1.89. The molecule has 1 N–H and O–H groups in total. The van der Waals surface area contributed by atoms with Crippen LogP contribution in [0.1, 0.15) is 28.7 Å². The highest BCUT2D eigenvalue weighted by Gasteiger charge is 2.09. The van der Waals surface area contributed by atoms with Crippen molar-refractivity contribution in [2.24, 2.45) is 7.05 Å². The first-order valence-corrected chi connectivity index (χ1v) is 5.97. The van der Waals surface area contributed by atoms with Crippen molar-refractivity contribution >= 4 is 11.3 Å². The van der Waals surface area contributed by atoms with E-state index >= 15 is 0 Å². The summed E-state index contributed by atoms with van der Waals surface area (Å²) >= 11 is 1.72. The van der Waals surface area contributed by atoms with Crippen molar-refractivity contribution in [3.8, 4) is 0 Å². The Bertz CT molecular complexity index is 461. The van der Waals surface area contributed by atoms with Gasteiger partial charge in [-0.1, -0.05) is 0 Å². The lowest BCUT2D eigenvalue weighted by molar-refractivity contribution is 0.538. The number of nitrogens with one attached hydrogen (secondary N) is 1. The van der Waals surface area contributed by atoms with Gasteiger partial charge in [0.25, 0.3) is 0 Å². The van der Waals surface area contributed by atoms with E-state index in [1.807, 2.05) is 13.2 Å². The molecule has 2 aromatic rings. The normalized spacial score (nSPS) is 12.9. The zero-order valence-electron chi connectivity index (χ0n) is 9.64. The molecule has 16 heavy (non-hydrogen) atoms. The van der Waals surface area contributed by atoms with Gasteiger partial charge < -0.3 is 5.32 Å². The molecule has 86 valence electrons. The summed E-state index contributed by atoms with van der Waals surface area (Å²) in [4.78, 5) is 9.75. The van der Waals surface area contributed by atoms with Crippen LogP contribution in [0, 0.1) is 6.92 Å². The summed E-state index contributed by atoms with van der Waals surface area (Å²) in [5.74, 6) is 0.931. The number of rotatable bonds is 4. The van der Waals surface area contributed by atoms with Gasteiger partial charge in [0.1, 0.15) is 17.2 Å². The molecule has 0 saturated carbocycles. The minimum absolute atomic E-state index is 0.246. The Hall–Kier alpha value is -1.27. The van der Waals surface area contributed by atoms with Crippen molar-refractivity contribution in [3.05, 3.63) is 28.2 Å². The van der Waals surface area contributed by atoms with Crippen molar-refractivity contribution in [2.75, 3.05) is 0 Å². The average molecular weight is 237 g/mol. The first-order valence-electron chi connectivity index (χ1n) is 5.15. The molecule has 5 nitrogen and oxygen atoms in total. The molecule has 0 spiro atoms. The quantitative estimate of drug-likeness (QED) is 0.874. The van der Waals surface area contributed by atoms with Gasteiger partial charge in [-0.3, -0.25) is 4.68 Å². The first kappa shape index (κ1) is 11.2. The van der Waals surface area contributed by atoms with Crippen molar-refractivity contribution in [3.63, 3.8) is 0 Å². The van der Waals surface area contributed by atoms with E-state index in [0.717, 1.165) is 10.8 Å². The Morgan fingerprint density at radius 1 is 1.50 bits per heavy atom. The van der Waals surface area contributed by atoms with E-state index in [1.165, 1.54) is 4.88 Å². The lowest BCUT2D eigenvalue weighted by atomic mass is 10.3. The summed E-state index contributed by atoms with van der Waals surface area (Å²) in [6.45, 7) is 4.88. The van der Waals surface area contributed by atoms with Crippen LogP contribution in [-0.4, -0.2) is 19.7 Å². The highest BCUT2D eigenvalue weighted by Crippen LogP contribution is 2.18. The lowest BCUT2D eigenvalue weighted by Gasteiger charge is -2.10. The summed E-state index contributed by atoms with van der Waals surface area (Å²) in [6, 6.07) is 0.246. The van der Waals surface area contributed by atoms with Gasteiger partial charge in [0.05, 0.1) is 12.6 Å². The van der Waals surface area contributed by atoms with Crippen LogP contribution in [0.25, 0.3) is 0 Å². The van der Waals surface area contributed by atoms with Crippen molar-refractivity contribution in [2.45, 2.75) is 26.4 Å². The van der Waals surface area contributed by atoms with Crippen molar-refractivity contribution in [1.82, 2.24) is 25.1 Å². The van der Waals surface area contributed by atoms with Gasteiger partial charge in [-0.2, -0.15) is 5.10 Å². The maximum absolute atomic E-state index is 4.35. The van der Waals surface area contributed by atoms with Crippen molar-refractivity contribution < 1.29 is 0 Å². The molecule has 1 atom stereocenters. The number of aromatic nitrogens is 4. The fourth-order valence-corrected chi connectivity index (χ4v) is 2.19. The molecular formula is C10H15N5S. The monoisotopic (exact) mass is 237 g/mol. The molecule has 0 bridgehead atoms. The van der Waals surface area contributed by atoms with Gasteiger partial charge in [0, 0.05) is 18.1 Å². The predicted molar refractivity (Wildman–Crippen MR) is 63.1 cm³/mol. The predicted octanol–water partition coefficient (Wildman–Crippen LogP) is 1.43. The second-order valence-corrected chi connectivity index (χ2v) is 4.98. The summed E-state index contributed by atoms with van der Waals surface area (Å²) < 4.78 is 1.77. The Morgan fingerprint density at radius 2 is 2.31 bits per heavy atom. The smallest absolute Gasteiger partial charge is 0.140 e. The van der Waals surface area contributed by atoms with Gasteiger partial charge in [-0.15, -0.1) is 11.3 Å². The molecule has 0 fully saturated rings. The maximum atomic E-state index is 4.35. The molecule has 0 amide bonds. The molecule has 1 unspecified atom stereocenters. The van der Waals surface area contributed by atoms with Crippen LogP contribution in [0.3, 0.4) is 0 Å². The van der Waals surface area contributed by atoms with E-state index in [2.05, 4.69) is 34.2 Å². The van der Waals surface area contributed by atoms with Crippen LogP contribution in [0.15, 0.2) is 12.5 Å². The van der Waals surface area contributed by atoms with E-state index in [-0.39, 0.29) is 6.04 Å². The van der Waals surface area contributed by atoms with Crippen molar-refractivity contribution in [1.29, 1.82) is 0 Å². The Morgan fingerprint density at radius 3 is 2.88 bits per heavy atom. The Labute approximate surface area is 98.5 Å². The summed E-state index contributed by atoms with van der Waals surface area (Å²) in [5.41, 5.74) is 0. The van der Waals surface area contributed by atoms with E-state index in [9.17, 15) is 0 Å². The summed E-state index contributed by atoms with van der Waals surface area (Å²) in [6.07, 6.45) is 3.47. The van der Waals surface area contributed by atoms with Gasteiger partial charge in [0.2, 0.25) is 0 Å². The van der Waals surface area contributed by atoms with Crippen LogP contribution < -0.4 is 5.32 Å². The standard InChI is InChI=1S/C10H15N5S/c1-7-4-12-10(16-7)8(2)11-5-9-13-6-14-15(9)3/h4,6,8,11H,5H2,1-3H3. The highest BCUT2D eigenvalue weighted by molar-refractivity contribution is 7.11. The molecule has 0 saturated heterocycles. The summed E-state index contributed by atoms with van der Waals surface area (Å²) in [5, 5.41) is 8.51. The molecule has 0 aliphatic carbocycles. The molecule has 6 heteroatoms. The van der Waals surface area contributed by atoms with Gasteiger partial charge in [0.15, 0.2) is 0 Å². The number of aryl methyl sites for hydroxylation is 2. The molecule has 0 aliphatic heterocycles. The average Bonchev–Trinajstić information content (AvgIpc) is 2.84. The fourth-order valence-electron chi connectivity index (χ4n) is 1.38. The molecule has 2 aromatic heterocycles. The number of hydrogen-bond donors (Lipinski definition) is 1. The van der Waals surface area contributed by atoms with Crippen LogP contribution in [-0.2, 0) is 13.6 Å². The minimum Gasteiger partial charge on any atom is -0.301 e. The fraction of sp³-hybridized carbons (Fsp3) is 0.500. The second kappa shape index (κ2) is 4.71. The highest BCUT2D eigenvalue weighted by atomic mass is 32.1. The molecule has 2 heterocycles. The minimum atomic E-state index is 0.246. The maximum Gasteiger partial charge on any atom is 0.140 e. The molecular weight excluding hydrogens is 222 g/mol. The van der Waals surface area contributed by atoms with Crippen LogP contribution in [0.2, 0.25) is 0 Å². The van der Waals surface area contributed by atoms with Gasteiger partial charge in [-0.25, -0.2) is 9.97 Å². The van der Waals surface area contributed by atoms with Crippen LogP contribution in [0.4, 0.5) is 0 Å². The number of thiazole rings is 1. The third kappa shape index (κ3) is 2.45. The number of nitrogens with zero attached hydrogens (tertiary/aromatic N) is 4. The van der Waals surface area contributed by atoms with Crippen LogP contribution in [0.5, 0.6) is 0 Å². The molecule has 2 rings (SSSR count). The third-order valence-corrected chi connectivity index (χ3v) is 3.48. The van der Waals surface area contributed by atoms with E-state index in [4.69, 9.17) is 0 Å². The lowest BCUT2D eigenvalue weighted by Crippen LogP contribution is -2.20. The van der Waals surface area contributed by atoms with Gasteiger partial charge >= 0.3 is 0 Å². The largest absolute Gasteiger partial charge is 0.301 e. The molecule has 0 aliphatic rings.